The van der Waals surface area contributed by atoms with Crippen LogP contribution in [0.3, 0.4) is 0 Å². The highest BCUT2D eigenvalue weighted by Crippen LogP contribution is 2.27. The van der Waals surface area contributed by atoms with E-state index in [0.717, 1.165) is 5.88 Å². The summed E-state index contributed by atoms with van der Waals surface area (Å²) < 4.78 is 0.395. The lowest BCUT2D eigenvalue weighted by Crippen LogP contribution is -2.12. The summed E-state index contributed by atoms with van der Waals surface area (Å²) in [4.78, 5) is 4.14. The van der Waals surface area contributed by atoms with E-state index in [-0.39, 0.29) is 0 Å². The third-order valence-electron chi connectivity index (χ3n) is 1.73. The number of aliphatic imine (C=N–C) groups is 1. The highest BCUT2D eigenvalue weighted by Gasteiger charge is 2.13. The van der Waals surface area contributed by atoms with Crippen LogP contribution in [0.1, 0.15) is 48.0 Å². The van der Waals surface area contributed by atoms with Crippen molar-refractivity contribution in [1.82, 2.24) is 0 Å². The van der Waals surface area contributed by atoms with E-state index >= 15 is 0 Å². The Labute approximate surface area is 120 Å². The Morgan fingerprint density at radius 3 is 1.72 bits per heavy atom. The van der Waals surface area contributed by atoms with Gasteiger partial charge in [-0.3, -0.25) is 4.99 Å². The van der Waals surface area contributed by atoms with Crippen LogP contribution < -0.4 is 0 Å². The smallest absolute Gasteiger partial charge is 0.0845 e. The molecule has 0 heterocycles. The van der Waals surface area contributed by atoms with Crippen molar-refractivity contribution < 1.29 is 0 Å². The molecule has 0 unspecified atom stereocenters. The summed E-state index contributed by atoms with van der Waals surface area (Å²) >= 11 is 1.91. The van der Waals surface area contributed by atoms with E-state index in [1.54, 1.807) is 12.2 Å². The van der Waals surface area contributed by atoms with Crippen molar-refractivity contribution in [2.45, 2.75) is 52.7 Å². The molecule has 0 aliphatic rings. The minimum Gasteiger partial charge on any atom is -0.287 e. The minimum absolute atomic E-state index is 0.395. The second-order valence-corrected chi connectivity index (χ2v) is 4.95. The van der Waals surface area contributed by atoms with Crippen molar-refractivity contribution in [2.75, 3.05) is 5.88 Å². The van der Waals surface area contributed by atoms with E-state index in [0.29, 0.717) is 4.75 Å². The molecule has 0 aromatic carbocycles. The molecule has 0 fully saturated rings. The van der Waals surface area contributed by atoms with E-state index in [1.807, 2.05) is 38.7 Å². The first-order valence-electron chi connectivity index (χ1n) is 6.36. The van der Waals surface area contributed by atoms with Crippen molar-refractivity contribution in [3.8, 4) is 0 Å². The standard InChI is InChI=1S/C8H17NS.C4H6.C2H6.C2H4/c1-5-8(3,4)10-7-9-6-2;1-3-4-2;2*1-2/h6H,5,7H2,1-4H3;3-4H,1-2H2;1-2H3;1-2H2/b9-6-;;;. The minimum atomic E-state index is 0.395. The average Bonchev–Trinajstić information content (AvgIpc) is 2.44. The summed E-state index contributed by atoms with van der Waals surface area (Å²) in [5.41, 5.74) is 0. The molecule has 0 amide bonds. The largest absolute Gasteiger partial charge is 0.287 e. The topological polar surface area (TPSA) is 12.4 Å². The summed E-state index contributed by atoms with van der Waals surface area (Å²) in [7, 11) is 0. The normalized spacial score (nSPS) is 8.78. The predicted octanol–water partition coefficient (Wildman–Crippen LogP) is 6.14. The van der Waals surface area contributed by atoms with Gasteiger partial charge in [-0.15, -0.1) is 24.9 Å². The molecule has 0 saturated carbocycles. The van der Waals surface area contributed by atoms with Crippen LogP contribution in [0.4, 0.5) is 0 Å². The molecule has 0 aromatic heterocycles. The molecule has 0 radical (unpaired) electrons. The first kappa shape index (κ1) is 25.9. The van der Waals surface area contributed by atoms with Gasteiger partial charge in [-0.1, -0.05) is 59.9 Å². The van der Waals surface area contributed by atoms with Crippen LogP contribution in [0, 0.1) is 0 Å². The summed E-state index contributed by atoms with van der Waals surface area (Å²) in [5, 5.41) is 0. The van der Waals surface area contributed by atoms with Crippen LogP contribution in [0.5, 0.6) is 0 Å². The van der Waals surface area contributed by atoms with Crippen molar-refractivity contribution >= 4 is 18.0 Å². The molecule has 0 aromatic rings. The van der Waals surface area contributed by atoms with Crippen LogP contribution in [0.25, 0.3) is 0 Å². The predicted molar refractivity (Wildman–Crippen MR) is 94.0 cm³/mol. The Morgan fingerprint density at radius 2 is 1.50 bits per heavy atom. The van der Waals surface area contributed by atoms with Gasteiger partial charge in [0.1, 0.15) is 0 Å². The monoisotopic (exact) mass is 271 g/mol. The molecule has 108 valence electrons. The van der Waals surface area contributed by atoms with E-state index < -0.39 is 0 Å². The zero-order chi connectivity index (χ0) is 15.4. The molecule has 2 heteroatoms. The van der Waals surface area contributed by atoms with Crippen LogP contribution in [-0.2, 0) is 0 Å². The first-order valence-corrected chi connectivity index (χ1v) is 7.34. The molecular formula is C16H33NS. The third kappa shape index (κ3) is 36.2. The van der Waals surface area contributed by atoms with Crippen molar-refractivity contribution in [3.05, 3.63) is 38.5 Å². The molecule has 0 atom stereocenters. The molecular weight excluding hydrogens is 238 g/mol. The fourth-order valence-electron chi connectivity index (χ4n) is 0.389. The van der Waals surface area contributed by atoms with Gasteiger partial charge in [0.15, 0.2) is 0 Å². The molecule has 0 rings (SSSR count). The SMILES string of the molecule is C/C=N\CSC(C)(C)CC.C=C.C=CC=C.CC. The van der Waals surface area contributed by atoms with Crippen LogP contribution >= 0.6 is 11.8 Å². The lowest BCUT2D eigenvalue weighted by molar-refractivity contribution is 0.685. The summed E-state index contributed by atoms with van der Waals surface area (Å²) in [5.74, 6) is 0.900. The van der Waals surface area contributed by atoms with Crippen LogP contribution in [-0.4, -0.2) is 16.8 Å². The van der Waals surface area contributed by atoms with Gasteiger partial charge in [0, 0.05) is 4.75 Å². The fourth-order valence-corrected chi connectivity index (χ4v) is 1.17. The highest BCUT2D eigenvalue weighted by atomic mass is 32.2. The van der Waals surface area contributed by atoms with Gasteiger partial charge in [0.25, 0.3) is 0 Å². The number of hydrogen-bond donors (Lipinski definition) is 0. The van der Waals surface area contributed by atoms with E-state index in [2.05, 4.69) is 52.1 Å². The summed E-state index contributed by atoms with van der Waals surface area (Å²) in [6, 6.07) is 0. The maximum absolute atomic E-state index is 4.14. The summed E-state index contributed by atoms with van der Waals surface area (Å²) in [6.45, 7) is 25.4. The van der Waals surface area contributed by atoms with Crippen LogP contribution in [0.2, 0.25) is 0 Å². The fraction of sp³-hybridized carbons (Fsp3) is 0.562. The molecule has 0 bridgehead atoms. The van der Waals surface area contributed by atoms with Crippen molar-refractivity contribution in [1.29, 1.82) is 0 Å². The second kappa shape index (κ2) is 25.2. The van der Waals surface area contributed by atoms with Gasteiger partial charge in [0.2, 0.25) is 0 Å². The Bertz CT molecular complexity index is 178. The molecule has 0 spiro atoms. The van der Waals surface area contributed by atoms with Gasteiger partial charge in [0.05, 0.1) is 5.88 Å². The highest BCUT2D eigenvalue weighted by molar-refractivity contribution is 8.00. The Hall–Kier alpha value is -0.760. The number of hydrogen-bond acceptors (Lipinski definition) is 2. The Kier molecular flexibility index (Phi) is 36.3. The van der Waals surface area contributed by atoms with Gasteiger partial charge in [-0.05, 0) is 19.6 Å². The number of rotatable bonds is 5. The van der Waals surface area contributed by atoms with Gasteiger partial charge in [-0.25, -0.2) is 0 Å². The molecule has 0 saturated heterocycles. The van der Waals surface area contributed by atoms with Crippen LogP contribution in [0.15, 0.2) is 43.5 Å². The first-order chi connectivity index (χ1) is 8.54. The Morgan fingerprint density at radius 1 is 1.11 bits per heavy atom. The maximum atomic E-state index is 4.14. The zero-order valence-electron chi connectivity index (χ0n) is 13.3. The number of thioether (sulfide) groups is 1. The van der Waals surface area contributed by atoms with Crippen molar-refractivity contribution in [2.24, 2.45) is 4.99 Å². The van der Waals surface area contributed by atoms with E-state index in [9.17, 15) is 0 Å². The van der Waals surface area contributed by atoms with Crippen molar-refractivity contribution in [3.63, 3.8) is 0 Å². The quantitative estimate of drug-likeness (QED) is 0.332. The van der Waals surface area contributed by atoms with E-state index in [4.69, 9.17) is 0 Å². The maximum Gasteiger partial charge on any atom is 0.0845 e. The molecule has 0 aliphatic carbocycles. The van der Waals surface area contributed by atoms with Gasteiger partial charge in [-0.2, -0.15) is 0 Å². The number of allylic oxidation sites excluding steroid dienone is 2. The lowest BCUT2D eigenvalue weighted by atomic mass is 10.1. The molecule has 1 nitrogen and oxygen atoms in total. The third-order valence-corrected chi connectivity index (χ3v) is 3.08. The molecule has 0 aliphatic heterocycles. The molecule has 18 heavy (non-hydrogen) atoms. The zero-order valence-corrected chi connectivity index (χ0v) is 14.1. The second-order valence-electron chi connectivity index (χ2n) is 3.30. The van der Waals surface area contributed by atoms with Gasteiger partial charge < -0.3 is 0 Å². The lowest BCUT2D eigenvalue weighted by Gasteiger charge is -2.20. The number of nitrogens with zero attached hydrogens (tertiary/aromatic N) is 1. The summed E-state index contributed by atoms with van der Waals surface area (Å²) in [6.07, 6.45) is 6.34. The molecule has 0 N–H and O–H groups in total. The van der Waals surface area contributed by atoms with Gasteiger partial charge >= 0.3 is 0 Å². The average molecular weight is 272 g/mol. The van der Waals surface area contributed by atoms with E-state index in [1.165, 1.54) is 6.42 Å². The Balaban J connectivity index is -0.000000102.